The van der Waals surface area contributed by atoms with E-state index < -0.39 is 0 Å². The topological polar surface area (TPSA) is 70.5 Å². The van der Waals surface area contributed by atoms with E-state index in [1.165, 1.54) is 0 Å². The number of anilines is 1. The summed E-state index contributed by atoms with van der Waals surface area (Å²) in [6.45, 7) is 1.17. The third-order valence-electron chi connectivity index (χ3n) is 3.22. The first-order chi connectivity index (χ1) is 9.24. The molecule has 0 amide bonds. The maximum Gasteiger partial charge on any atom is 0.161 e. The molecule has 0 aliphatic carbocycles. The number of hydrogen-bond acceptors (Lipinski definition) is 4. The predicted octanol–water partition coefficient (Wildman–Crippen LogP) is 2.09. The summed E-state index contributed by atoms with van der Waals surface area (Å²) in [6, 6.07) is 13.2. The molecule has 2 aromatic carbocycles. The molecule has 4 nitrogen and oxygen atoms in total. The Morgan fingerprint density at radius 2 is 1.47 bits per heavy atom. The molecule has 1 atom stereocenters. The fourth-order valence-electron chi connectivity index (χ4n) is 2.15. The van der Waals surface area contributed by atoms with Crippen LogP contribution in [0.15, 0.2) is 42.5 Å². The maximum atomic E-state index is 6.26. The van der Waals surface area contributed by atoms with Gasteiger partial charge in [-0.25, -0.2) is 0 Å². The van der Waals surface area contributed by atoms with Crippen LogP contribution in [0.1, 0.15) is 17.2 Å². The standard InChI is InChI=1S/C15H16N2O2/c16-12-4-1-10(2-5-12)15(17)11-3-6-13-14(9-11)19-8-7-18-13/h1-6,9,15H,7-8,16-17H2. The van der Waals surface area contributed by atoms with Gasteiger partial charge in [-0.1, -0.05) is 18.2 Å². The van der Waals surface area contributed by atoms with Gasteiger partial charge in [-0.05, 0) is 35.4 Å². The first-order valence-electron chi connectivity index (χ1n) is 6.24. The number of nitrogens with two attached hydrogens (primary N) is 2. The molecule has 2 aromatic rings. The highest BCUT2D eigenvalue weighted by Crippen LogP contribution is 2.33. The van der Waals surface area contributed by atoms with Crippen molar-refractivity contribution in [1.82, 2.24) is 0 Å². The average molecular weight is 256 g/mol. The van der Waals surface area contributed by atoms with Crippen LogP contribution in [-0.4, -0.2) is 13.2 Å². The monoisotopic (exact) mass is 256 g/mol. The first-order valence-corrected chi connectivity index (χ1v) is 6.24. The van der Waals surface area contributed by atoms with Crippen LogP contribution in [0.4, 0.5) is 5.69 Å². The summed E-state index contributed by atoms with van der Waals surface area (Å²) in [6.07, 6.45) is 0. The van der Waals surface area contributed by atoms with Crippen LogP contribution < -0.4 is 20.9 Å². The molecule has 4 heteroatoms. The number of fused-ring (bicyclic) bond motifs is 1. The van der Waals surface area contributed by atoms with Crippen molar-refractivity contribution in [1.29, 1.82) is 0 Å². The van der Waals surface area contributed by atoms with Crippen molar-refractivity contribution < 1.29 is 9.47 Å². The highest BCUT2D eigenvalue weighted by molar-refractivity contribution is 5.47. The second-order valence-corrected chi connectivity index (χ2v) is 4.55. The van der Waals surface area contributed by atoms with E-state index in [9.17, 15) is 0 Å². The zero-order valence-electron chi connectivity index (χ0n) is 10.5. The molecule has 1 unspecified atom stereocenters. The second kappa shape index (κ2) is 4.82. The lowest BCUT2D eigenvalue weighted by Crippen LogP contribution is -2.17. The van der Waals surface area contributed by atoms with Crippen molar-refractivity contribution in [2.75, 3.05) is 18.9 Å². The summed E-state index contributed by atoms with van der Waals surface area (Å²) in [5.74, 6) is 1.54. The molecule has 3 rings (SSSR count). The minimum atomic E-state index is -0.198. The van der Waals surface area contributed by atoms with Gasteiger partial charge < -0.3 is 20.9 Å². The normalized spacial score (nSPS) is 15.0. The van der Waals surface area contributed by atoms with Gasteiger partial charge in [0.15, 0.2) is 11.5 Å². The molecule has 4 N–H and O–H groups in total. The molecule has 0 bridgehead atoms. The zero-order valence-corrected chi connectivity index (χ0v) is 10.5. The Bertz CT molecular complexity index is 581. The van der Waals surface area contributed by atoms with E-state index in [-0.39, 0.29) is 6.04 Å². The summed E-state index contributed by atoms with van der Waals surface area (Å²) in [4.78, 5) is 0. The Hall–Kier alpha value is -2.20. The van der Waals surface area contributed by atoms with E-state index in [1.54, 1.807) is 0 Å². The van der Waals surface area contributed by atoms with E-state index >= 15 is 0 Å². The van der Waals surface area contributed by atoms with Crippen LogP contribution >= 0.6 is 0 Å². The number of nitrogen functional groups attached to an aromatic ring is 1. The van der Waals surface area contributed by atoms with Gasteiger partial charge in [0.05, 0.1) is 6.04 Å². The maximum absolute atomic E-state index is 6.26. The molecule has 0 aromatic heterocycles. The van der Waals surface area contributed by atoms with Crippen molar-refractivity contribution >= 4 is 5.69 Å². The van der Waals surface area contributed by atoms with Crippen molar-refractivity contribution in [3.05, 3.63) is 53.6 Å². The molecular weight excluding hydrogens is 240 g/mol. The number of benzene rings is 2. The van der Waals surface area contributed by atoms with Crippen LogP contribution in [0, 0.1) is 0 Å². The van der Waals surface area contributed by atoms with E-state index in [1.807, 2.05) is 42.5 Å². The molecule has 0 spiro atoms. The van der Waals surface area contributed by atoms with Crippen molar-refractivity contribution in [3.63, 3.8) is 0 Å². The van der Waals surface area contributed by atoms with Gasteiger partial charge in [0.1, 0.15) is 13.2 Å². The highest BCUT2D eigenvalue weighted by Gasteiger charge is 2.15. The molecule has 19 heavy (non-hydrogen) atoms. The molecule has 0 saturated heterocycles. The molecule has 1 aliphatic rings. The molecule has 0 radical (unpaired) electrons. The average Bonchev–Trinajstić information content (AvgIpc) is 2.47. The zero-order chi connectivity index (χ0) is 13.2. The third-order valence-corrected chi connectivity index (χ3v) is 3.22. The minimum Gasteiger partial charge on any atom is -0.486 e. The molecule has 0 fully saturated rings. The molecule has 1 heterocycles. The quantitative estimate of drug-likeness (QED) is 0.807. The van der Waals surface area contributed by atoms with Crippen LogP contribution in [0.25, 0.3) is 0 Å². The molecule has 98 valence electrons. The van der Waals surface area contributed by atoms with Crippen molar-refractivity contribution in [2.24, 2.45) is 5.73 Å². The SMILES string of the molecule is Nc1ccc(C(N)c2ccc3c(c2)OCCO3)cc1. The van der Waals surface area contributed by atoms with Gasteiger partial charge in [0.25, 0.3) is 0 Å². The van der Waals surface area contributed by atoms with Crippen LogP contribution in [0.3, 0.4) is 0 Å². The summed E-state index contributed by atoms with van der Waals surface area (Å²) in [5.41, 5.74) is 14.7. The second-order valence-electron chi connectivity index (χ2n) is 4.55. The Morgan fingerprint density at radius 3 is 2.21 bits per heavy atom. The number of ether oxygens (including phenoxy) is 2. The van der Waals surface area contributed by atoms with E-state index in [0.29, 0.717) is 13.2 Å². The van der Waals surface area contributed by atoms with Gasteiger partial charge in [-0.15, -0.1) is 0 Å². The molecule has 0 saturated carbocycles. The van der Waals surface area contributed by atoms with Gasteiger partial charge in [0, 0.05) is 5.69 Å². The Labute approximate surface area is 111 Å². The minimum absolute atomic E-state index is 0.198. The Balaban J connectivity index is 1.91. The summed E-state index contributed by atoms with van der Waals surface area (Å²) in [7, 11) is 0. The van der Waals surface area contributed by atoms with E-state index in [4.69, 9.17) is 20.9 Å². The third kappa shape index (κ3) is 2.35. The van der Waals surface area contributed by atoms with Gasteiger partial charge in [-0.3, -0.25) is 0 Å². The van der Waals surface area contributed by atoms with Crippen LogP contribution in [0.2, 0.25) is 0 Å². The van der Waals surface area contributed by atoms with Gasteiger partial charge >= 0.3 is 0 Å². The smallest absolute Gasteiger partial charge is 0.161 e. The van der Waals surface area contributed by atoms with Crippen molar-refractivity contribution in [3.8, 4) is 11.5 Å². The lowest BCUT2D eigenvalue weighted by Gasteiger charge is -2.20. The summed E-state index contributed by atoms with van der Waals surface area (Å²) in [5, 5.41) is 0. The Morgan fingerprint density at radius 1 is 0.842 bits per heavy atom. The van der Waals surface area contributed by atoms with Gasteiger partial charge in [0.2, 0.25) is 0 Å². The van der Waals surface area contributed by atoms with Crippen LogP contribution in [0.5, 0.6) is 11.5 Å². The van der Waals surface area contributed by atoms with Crippen LogP contribution in [-0.2, 0) is 0 Å². The van der Waals surface area contributed by atoms with Gasteiger partial charge in [-0.2, -0.15) is 0 Å². The predicted molar refractivity (Wildman–Crippen MR) is 74.3 cm³/mol. The largest absolute Gasteiger partial charge is 0.486 e. The van der Waals surface area contributed by atoms with E-state index in [2.05, 4.69) is 0 Å². The fourth-order valence-corrected chi connectivity index (χ4v) is 2.15. The summed E-state index contributed by atoms with van der Waals surface area (Å²) >= 11 is 0. The number of hydrogen-bond donors (Lipinski definition) is 2. The first kappa shape index (κ1) is 11.9. The highest BCUT2D eigenvalue weighted by atomic mass is 16.6. The Kier molecular flexibility index (Phi) is 3.01. The lowest BCUT2D eigenvalue weighted by atomic mass is 9.99. The van der Waals surface area contributed by atoms with E-state index in [0.717, 1.165) is 28.3 Å². The summed E-state index contributed by atoms with van der Waals surface area (Å²) < 4.78 is 11.1. The number of rotatable bonds is 2. The molecule has 1 aliphatic heterocycles. The molecular formula is C15H16N2O2. The van der Waals surface area contributed by atoms with Crippen molar-refractivity contribution in [2.45, 2.75) is 6.04 Å². The fraction of sp³-hybridized carbons (Fsp3) is 0.200. The lowest BCUT2D eigenvalue weighted by molar-refractivity contribution is 0.171.